The van der Waals surface area contributed by atoms with Crippen molar-refractivity contribution < 1.29 is 14.3 Å². The molecule has 0 saturated carbocycles. The Morgan fingerprint density at radius 2 is 1.93 bits per heavy atom. The van der Waals surface area contributed by atoms with E-state index < -0.39 is 6.03 Å². The average Bonchev–Trinajstić information content (AvgIpc) is 2.93. The summed E-state index contributed by atoms with van der Waals surface area (Å²) in [5.41, 5.74) is 6.91. The molecule has 140 valence electrons. The molecule has 0 radical (unpaired) electrons. The molecule has 1 heterocycles. The lowest BCUT2D eigenvalue weighted by Crippen LogP contribution is -2.33. The number of nitrogens with two attached hydrogens (primary N) is 1. The summed E-state index contributed by atoms with van der Waals surface area (Å²) in [4.78, 5) is 24.4. The van der Waals surface area contributed by atoms with Gasteiger partial charge in [-0.2, -0.15) is 10.1 Å². The Bertz CT molecular complexity index is 925. The number of anilines is 3. The molecule has 3 amide bonds. The molecule has 0 saturated heterocycles. The molecular weight excluding hydrogens is 393 g/mol. The molecule has 1 aliphatic rings. The van der Waals surface area contributed by atoms with Gasteiger partial charge in [0.15, 0.2) is 0 Å². The van der Waals surface area contributed by atoms with E-state index in [1.165, 1.54) is 19.2 Å². The zero-order chi connectivity index (χ0) is 19.6. The number of carbonyl (C=O) groups is 2. The van der Waals surface area contributed by atoms with Crippen molar-refractivity contribution >= 4 is 58.0 Å². The lowest BCUT2D eigenvalue weighted by molar-refractivity contribution is -0.116. The van der Waals surface area contributed by atoms with Crippen LogP contribution in [0.5, 0.6) is 5.75 Å². The van der Waals surface area contributed by atoms with Crippen molar-refractivity contribution in [3.63, 3.8) is 0 Å². The maximum absolute atomic E-state index is 12.3. The van der Waals surface area contributed by atoms with Crippen molar-refractivity contribution in [2.24, 2.45) is 5.10 Å². The summed E-state index contributed by atoms with van der Waals surface area (Å²) in [5, 5.41) is 10.7. The van der Waals surface area contributed by atoms with Gasteiger partial charge in [0.05, 0.1) is 23.6 Å². The quantitative estimate of drug-likeness (QED) is 0.676. The number of hydrogen-bond donors (Lipinski definition) is 3. The molecule has 3 rings (SSSR count). The second-order valence-electron chi connectivity index (χ2n) is 5.57. The molecule has 0 atom stereocenters. The van der Waals surface area contributed by atoms with Gasteiger partial charge in [-0.1, -0.05) is 29.3 Å². The fraction of sp³-hybridized carbons (Fsp3) is 0.118. The number of amides is 3. The number of nitrogen functional groups attached to an aromatic ring is 1. The number of nitrogens with one attached hydrogen (secondary N) is 2. The molecule has 0 fully saturated rings. The van der Waals surface area contributed by atoms with E-state index in [2.05, 4.69) is 15.7 Å². The minimum absolute atomic E-state index is 0.108. The SMILES string of the molecule is COc1cc(Cl)c(N2N=C(NC(=O)Nc3cccc(N)c3)CC2=O)c(Cl)c1. The van der Waals surface area contributed by atoms with Crippen LogP contribution in [0.15, 0.2) is 41.5 Å². The van der Waals surface area contributed by atoms with Crippen LogP contribution in [0.3, 0.4) is 0 Å². The zero-order valence-corrected chi connectivity index (χ0v) is 15.6. The Labute approximate surface area is 164 Å². The molecule has 8 nitrogen and oxygen atoms in total. The molecule has 0 aromatic heterocycles. The summed E-state index contributed by atoms with van der Waals surface area (Å²) in [6, 6.07) is 9.17. The van der Waals surface area contributed by atoms with E-state index in [1.54, 1.807) is 24.3 Å². The van der Waals surface area contributed by atoms with Crippen LogP contribution in [0.1, 0.15) is 6.42 Å². The topological polar surface area (TPSA) is 109 Å². The number of rotatable bonds is 3. The van der Waals surface area contributed by atoms with E-state index in [1.807, 2.05) is 0 Å². The first-order valence-corrected chi connectivity index (χ1v) is 8.50. The van der Waals surface area contributed by atoms with E-state index in [0.717, 1.165) is 5.01 Å². The van der Waals surface area contributed by atoms with E-state index in [4.69, 9.17) is 33.7 Å². The van der Waals surface area contributed by atoms with Crippen LogP contribution >= 0.6 is 23.2 Å². The summed E-state index contributed by atoms with van der Waals surface area (Å²) in [7, 11) is 1.47. The molecular formula is C17H15Cl2N5O3. The van der Waals surface area contributed by atoms with E-state index in [0.29, 0.717) is 17.1 Å². The van der Waals surface area contributed by atoms with Crippen molar-refractivity contribution in [1.82, 2.24) is 5.32 Å². The van der Waals surface area contributed by atoms with Crippen LogP contribution in [0.2, 0.25) is 10.0 Å². The summed E-state index contributed by atoms with van der Waals surface area (Å²) >= 11 is 12.4. The first kappa shape index (κ1) is 18.8. The van der Waals surface area contributed by atoms with Crippen molar-refractivity contribution in [1.29, 1.82) is 0 Å². The maximum Gasteiger partial charge on any atom is 0.324 e. The predicted molar refractivity (Wildman–Crippen MR) is 106 cm³/mol. The second kappa shape index (κ2) is 7.73. The highest BCUT2D eigenvalue weighted by Crippen LogP contribution is 2.39. The van der Waals surface area contributed by atoms with Gasteiger partial charge in [-0.25, -0.2) is 4.79 Å². The molecule has 0 spiro atoms. The molecule has 10 heteroatoms. The number of hydrazone groups is 1. The minimum atomic E-state index is -0.555. The van der Waals surface area contributed by atoms with Crippen LogP contribution in [-0.2, 0) is 4.79 Å². The van der Waals surface area contributed by atoms with Crippen LogP contribution in [0.25, 0.3) is 0 Å². The minimum Gasteiger partial charge on any atom is -0.497 e. The molecule has 0 unspecified atom stereocenters. The van der Waals surface area contributed by atoms with Crippen LogP contribution in [0.4, 0.5) is 21.9 Å². The monoisotopic (exact) mass is 407 g/mol. The third-order valence-electron chi connectivity index (χ3n) is 3.62. The number of hydrogen-bond acceptors (Lipinski definition) is 5. The van der Waals surface area contributed by atoms with Crippen molar-refractivity contribution in [3.05, 3.63) is 46.4 Å². The highest BCUT2D eigenvalue weighted by atomic mass is 35.5. The van der Waals surface area contributed by atoms with Gasteiger partial charge < -0.3 is 15.8 Å². The van der Waals surface area contributed by atoms with Gasteiger partial charge in [0.25, 0.3) is 5.91 Å². The first-order valence-electron chi connectivity index (χ1n) is 7.74. The third kappa shape index (κ3) is 4.24. The number of nitrogens with zero attached hydrogens (tertiary/aromatic N) is 2. The van der Waals surface area contributed by atoms with E-state index >= 15 is 0 Å². The summed E-state index contributed by atoms with van der Waals surface area (Å²) in [5.74, 6) is 0.219. The Morgan fingerprint density at radius 3 is 2.56 bits per heavy atom. The normalized spacial score (nSPS) is 13.4. The summed E-state index contributed by atoms with van der Waals surface area (Å²) < 4.78 is 5.08. The Kier molecular flexibility index (Phi) is 5.38. The highest BCUT2D eigenvalue weighted by molar-refractivity contribution is 6.40. The lowest BCUT2D eigenvalue weighted by atomic mass is 10.2. The van der Waals surface area contributed by atoms with Gasteiger partial charge >= 0.3 is 6.03 Å². The standard InChI is InChI=1S/C17H15Cl2N5O3/c1-27-11-6-12(18)16(13(19)7-11)24-15(25)8-14(23-24)22-17(26)21-10-4-2-3-9(20)5-10/h2-7H,8,20H2,1H3,(H2,21,22,23,26). The third-order valence-corrected chi connectivity index (χ3v) is 4.19. The molecule has 27 heavy (non-hydrogen) atoms. The molecule has 4 N–H and O–H groups in total. The van der Waals surface area contributed by atoms with Crippen molar-refractivity contribution in [2.45, 2.75) is 6.42 Å². The Balaban J connectivity index is 1.76. The number of benzene rings is 2. The van der Waals surface area contributed by atoms with Gasteiger partial charge in [0.2, 0.25) is 0 Å². The smallest absolute Gasteiger partial charge is 0.324 e. The fourth-order valence-electron chi connectivity index (χ4n) is 2.45. The number of halogens is 2. The lowest BCUT2D eigenvalue weighted by Gasteiger charge is -2.16. The number of urea groups is 1. The molecule has 2 aromatic carbocycles. The summed E-state index contributed by atoms with van der Waals surface area (Å²) in [6.07, 6.45) is -0.108. The number of carbonyl (C=O) groups excluding carboxylic acids is 2. The molecule has 1 aliphatic heterocycles. The fourth-order valence-corrected chi connectivity index (χ4v) is 3.07. The average molecular weight is 408 g/mol. The van der Waals surface area contributed by atoms with Gasteiger partial charge in [0.1, 0.15) is 17.3 Å². The summed E-state index contributed by atoms with van der Waals surface area (Å²) in [6.45, 7) is 0. The number of methoxy groups -OCH3 is 1. The Hall–Kier alpha value is -2.97. The molecule has 0 aliphatic carbocycles. The van der Waals surface area contributed by atoms with Crippen LogP contribution in [0, 0.1) is 0 Å². The van der Waals surface area contributed by atoms with Gasteiger partial charge in [-0.3, -0.25) is 10.1 Å². The highest BCUT2D eigenvalue weighted by Gasteiger charge is 2.30. The van der Waals surface area contributed by atoms with Crippen molar-refractivity contribution in [2.75, 3.05) is 23.2 Å². The van der Waals surface area contributed by atoms with Crippen molar-refractivity contribution in [3.8, 4) is 5.75 Å². The maximum atomic E-state index is 12.3. The van der Waals surface area contributed by atoms with E-state index in [-0.39, 0.29) is 33.9 Å². The second-order valence-corrected chi connectivity index (χ2v) is 6.39. The van der Waals surface area contributed by atoms with Gasteiger partial charge in [0, 0.05) is 23.5 Å². The van der Waals surface area contributed by atoms with Gasteiger partial charge in [-0.05, 0) is 18.2 Å². The predicted octanol–water partition coefficient (Wildman–Crippen LogP) is 3.46. The molecule has 2 aromatic rings. The zero-order valence-electron chi connectivity index (χ0n) is 14.1. The van der Waals surface area contributed by atoms with Crippen LogP contribution < -0.4 is 26.1 Å². The first-order chi connectivity index (χ1) is 12.9. The van der Waals surface area contributed by atoms with Crippen LogP contribution in [-0.4, -0.2) is 24.9 Å². The largest absolute Gasteiger partial charge is 0.497 e. The number of amidine groups is 1. The Morgan fingerprint density at radius 1 is 1.22 bits per heavy atom. The number of ether oxygens (including phenoxy) is 1. The molecule has 0 bridgehead atoms. The van der Waals surface area contributed by atoms with Gasteiger partial charge in [-0.15, -0.1) is 0 Å². The van der Waals surface area contributed by atoms with E-state index in [9.17, 15) is 9.59 Å².